The standard InChI is InChI=1S/C23H36N2O4/c1-6-27-20-15-18(16-21(28-7-2)22(20)29-8-3)23(26)24-19-10-13-25(14-11-19)12-9-17(4)5/h9,15-16,19H,6-8,10-14H2,1-5H3,(H,24,26). The molecule has 2 rings (SSSR count). The number of hydrogen-bond acceptors (Lipinski definition) is 5. The highest BCUT2D eigenvalue weighted by molar-refractivity contribution is 5.95. The van der Waals surface area contributed by atoms with Crippen molar-refractivity contribution in [3.8, 4) is 17.2 Å². The number of allylic oxidation sites excluding steroid dienone is 1. The Morgan fingerprint density at radius 2 is 1.59 bits per heavy atom. The molecule has 0 unspecified atom stereocenters. The van der Waals surface area contributed by atoms with Gasteiger partial charge in [-0.25, -0.2) is 0 Å². The van der Waals surface area contributed by atoms with Gasteiger partial charge >= 0.3 is 0 Å². The zero-order valence-electron chi connectivity index (χ0n) is 18.5. The van der Waals surface area contributed by atoms with E-state index in [0.29, 0.717) is 42.6 Å². The van der Waals surface area contributed by atoms with Gasteiger partial charge in [0.05, 0.1) is 19.8 Å². The van der Waals surface area contributed by atoms with Crippen molar-refractivity contribution in [1.82, 2.24) is 10.2 Å². The first-order valence-corrected chi connectivity index (χ1v) is 10.7. The Kier molecular flexibility index (Phi) is 9.32. The number of carbonyl (C=O) groups excluding carboxylic acids is 1. The van der Waals surface area contributed by atoms with Gasteiger partial charge in [-0.2, -0.15) is 0 Å². The van der Waals surface area contributed by atoms with Crippen molar-refractivity contribution < 1.29 is 19.0 Å². The van der Waals surface area contributed by atoms with Crippen LogP contribution < -0.4 is 19.5 Å². The average Bonchev–Trinajstić information content (AvgIpc) is 2.70. The maximum atomic E-state index is 12.9. The molecule has 0 aromatic heterocycles. The fourth-order valence-electron chi connectivity index (χ4n) is 3.36. The summed E-state index contributed by atoms with van der Waals surface area (Å²) >= 11 is 0. The molecular weight excluding hydrogens is 368 g/mol. The number of nitrogens with zero attached hydrogens (tertiary/aromatic N) is 1. The smallest absolute Gasteiger partial charge is 0.251 e. The molecule has 6 heteroatoms. The van der Waals surface area contributed by atoms with E-state index < -0.39 is 0 Å². The molecule has 0 saturated carbocycles. The Bertz CT molecular complexity index is 663. The van der Waals surface area contributed by atoms with Gasteiger partial charge < -0.3 is 19.5 Å². The van der Waals surface area contributed by atoms with Crippen molar-refractivity contribution in [1.29, 1.82) is 0 Å². The summed E-state index contributed by atoms with van der Waals surface area (Å²) in [4.78, 5) is 15.3. The number of rotatable bonds is 10. The second kappa shape index (κ2) is 11.7. The number of ether oxygens (including phenoxy) is 3. The summed E-state index contributed by atoms with van der Waals surface area (Å²) in [5.41, 5.74) is 1.87. The van der Waals surface area contributed by atoms with Crippen LogP contribution in [-0.2, 0) is 0 Å². The SMILES string of the molecule is CCOc1cc(C(=O)NC2CCN(CC=C(C)C)CC2)cc(OCC)c1OCC. The zero-order chi connectivity index (χ0) is 21.2. The fourth-order valence-corrected chi connectivity index (χ4v) is 3.36. The summed E-state index contributed by atoms with van der Waals surface area (Å²) in [5.74, 6) is 1.54. The Labute approximate surface area is 175 Å². The highest BCUT2D eigenvalue weighted by atomic mass is 16.5. The summed E-state index contributed by atoms with van der Waals surface area (Å²) < 4.78 is 17.2. The maximum absolute atomic E-state index is 12.9. The van der Waals surface area contributed by atoms with E-state index in [4.69, 9.17) is 14.2 Å². The molecular formula is C23H36N2O4. The summed E-state index contributed by atoms with van der Waals surface area (Å²) in [6.07, 6.45) is 4.16. The molecule has 0 radical (unpaired) electrons. The van der Waals surface area contributed by atoms with Crippen molar-refractivity contribution in [2.45, 2.75) is 53.5 Å². The van der Waals surface area contributed by atoms with Crippen molar-refractivity contribution in [2.75, 3.05) is 39.5 Å². The van der Waals surface area contributed by atoms with Gasteiger partial charge in [0.1, 0.15) is 0 Å². The zero-order valence-corrected chi connectivity index (χ0v) is 18.5. The summed E-state index contributed by atoms with van der Waals surface area (Å²) in [6.45, 7) is 14.4. The van der Waals surface area contributed by atoms with E-state index in [2.05, 4.69) is 30.1 Å². The van der Waals surface area contributed by atoms with Crippen LogP contribution in [0.2, 0.25) is 0 Å². The number of benzene rings is 1. The molecule has 0 atom stereocenters. The molecule has 0 aliphatic carbocycles. The van der Waals surface area contributed by atoms with Crippen LogP contribution in [0, 0.1) is 0 Å². The van der Waals surface area contributed by atoms with Crippen molar-refractivity contribution in [3.63, 3.8) is 0 Å². The number of carbonyl (C=O) groups is 1. The van der Waals surface area contributed by atoms with Crippen molar-refractivity contribution in [2.24, 2.45) is 0 Å². The minimum absolute atomic E-state index is 0.0993. The molecule has 1 amide bonds. The van der Waals surface area contributed by atoms with Crippen LogP contribution in [0.4, 0.5) is 0 Å². The third-order valence-corrected chi connectivity index (χ3v) is 4.85. The molecule has 0 bridgehead atoms. The molecule has 1 fully saturated rings. The van der Waals surface area contributed by atoms with Gasteiger partial charge in [-0.05, 0) is 59.6 Å². The number of hydrogen-bond donors (Lipinski definition) is 1. The molecule has 162 valence electrons. The first-order valence-electron chi connectivity index (χ1n) is 10.7. The third kappa shape index (κ3) is 6.96. The van der Waals surface area contributed by atoms with Gasteiger partial charge in [0.15, 0.2) is 11.5 Å². The van der Waals surface area contributed by atoms with E-state index in [1.165, 1.54) is 5.57 Å². The van der Waals surface area contributed by atoms with Gasteiger partial charge in [0, 0.05) is 31.2 Å². The van der Waals surface area contributed by atoms with Crippen LogP contribution in [0.5, 0.6) is 17.2 Å². The molecule has 1 heterocycles. The second-order valence-electron chi connectivity index (χ2n) is 7.43. The molecule has 1 aromatic carbocycles. The Morgan fingerprint density at radius 3 is 2.07 bits per heavy atom. The summed E-state index contributed by atoms with van der Waals surface area (Å²) in [5, 5.41) is 3.18. The predicted octanol–water partition coefficient (Wildman–Crippen LogP) is 4.04. The highest BCUT2D eigenvalue weighted by Crippen LogP contribution is 2.39. The molecule has 1 aliphatic rings. The topological polar surface area (TPSA) is 60.0 Å². The monoisotopic (exact) mass is 404 g/mol. The minimum Gasteiger partial charge on any atom is -0.490 e. The number of piperidine rings is 1. The van der Waals surface area contributed by atoms with Gasteiger partial charge in [-0.3, -0.25) is 9.69 Å². The first kappa shape index (κ1) is 23.1. The molecule has 0 spiro atoms. The van der Waals surface area contributed by atoms with Gasteiger partial charge in [-0.15, -0.1) is 0 Å². The molecule has 1 aromatic rings. The van der Waals surface area contributed by atoms with Crippen LogP contribution in [0.15, 0.2) is 23.8 Å². The number of likely N-dealkylation sites (tertiary alicyclic amines) is 1. The van der Waals surface area contributed by atoms with Crippen LogP contribution in [0.25, 0.3) is 0 Å². The molecule has 1 aliphatic heterocycles. The number of amides is 1. The van der Waals surface area contributed by atoms with Crippen molar-refractivity contribution >= 4 is 5.91 Å². The minimum atomic E-state index is -0.0993. The maximum Gasteiger partial charge on any atom is 0.251 e. The van der Waals surface area contributed by atoms with E-state index in [1.54, 1.807) is 12.1 Å². The molecule has 29 heavy (non-hydrogen) atoms. The van der Waals surface area contributed by atoms with E-state index in [1.807, 2.05) is 20.8 Å². The second-order valence-corrected chi connectivity index (χ2v) is 7.43. The largest absolute Gasteiger partial charge is 0.490 e. The highest BCUT2D eigenvalue weighted by Gasteiger charge is 2.23. The predicted molar refractivity (Wildman–Crippen MR) is 116 cm³/mol. The first-order chi connectivity index (χ1) is 14.0. The Balaban J connectivity index is 2.07. The average molecular weight is 405 g/mol. The van der Waals surface area contributed by atoms with Crippen LogP contribution in [0.3, 0.4) is 0 Å². The molecule has 1 N–H and O–H groups in total. The summed E-state index contributed by atoms with van der Waals surface area (Å²) in [6, 6.07) is 3.68. The Morgan fingerprint density at radius 1 is 1.03 bits per heavy atom. The van der Waals surface area contributed by atoms with Gasteiger partial charge in [0.2, 0.25) is 5.75 Å². The Hall–Kier alpha value is -2.21. The lowest BCUT2D eigenvalue weighted by Gasteiger charge is -2.31. The fraction of sp³-hybridized carbons (Fsp3) is 0.609. The van der Waals surface area contributed by atoms with Crippen LogP contribution in [0.1, 0.15) is 57.8 Å². The number of nitrogens with one attached hydrogen (secondary N) is 1. The van der Waals surface area contributed by atoms with E-state index in [9.17, 15) is 4.79 Å². The lowest BCUT2D eigenvalue weighted by atomic mass is 10.0. The lowest BCUT2D eigenvalue weighted by molar-refractivity contribution is 0.0913. The molecule has 1 saturated heterocycles. The van der Waals surface area contributed by atoms with E-state index in [-0.39, 0.29) is 11.9 Å². The van der Waals surface area contributed by atoms with Crippen molar-refractivity contribution in [3.05, 3.63) is 29.3 Å². The normalized spacial score (nSPS) is 14.9. The lowest BCUT2D eigenvalue weighted by Crippen LogP contribution is -2.44. The third-order valence-electron chi connectivity index (χ3n) is 4.85. The van der Waals surface area contributed by atoms with Crippen LogP contribution >= 0.6 is 0 Å². The van der Waals surface area contributed by atoms with Crippen LogP contribution in [-0.4, -0.2) is 56.3 Å². The van der Waals surface area contributed by atoms with Gasteiger partial charge in [-0.1, -0.05) is 11.6 Å². The van der Waals surface area contributed by atoms with E-state index in [0.717, 1.165) is 32.5 Å². The van der Waals surface area contributed by atoms with Gasteiger partial charge in [0.25, 0.3) is 5.91 Å². The molecule has 6 nitrogen and oxygen atoms in total. The summed E-state index contributed by atoms with van der Waals surface area (Å²) in [7, 11) is 0. The quantitative estimate of drug-likeness (QED) is 0.596. The van der Waals surface area contributed by atoms with E-state index >= 15 is 0 Å².